The zero-order valence-corrected chi connectivity index (χ0v) is 13.9. The summed E-state index contributed by atoms with van der Waals surface area (Å²) in [5.41, 5.74) is 6.46. The van der Waals surface area contributed by atoms with Crippen molar-refractivity contribution in [1.82, 2.24) is 9.97 Å². The molecule has 3 heterocycles. The van der Waals surface area contributed by atoms with Crippen LogP contribution in [0.3, 0.4) is 0 Å². The number of nitrogens with zero attached hydrogens (tertiary/aromatic N) is 1. The summed E-state index contributed by atoms with van der Waals surface area (Å²) in [6, 6.07) is 20.0. The van der Waals surface area contributed by atoms with Gasteiger partial charge in [0.05, 0.1) is 5.57 Å². The summed E-state index contributed by atoms with van der Waals surface area (Å²) in [7, 11) is 0. The molecule has 1 aliphatic rings. The molecule has 0 unspecified atom stereocenters. The molecule has 0 fully saturated rings. The maximum Gasteiger partial charge on any atom is 0.256 e. The molecule has 0 bridgehead atoms. The molecule has 4 heteroatoms. The maximum absolute atomic E-state index is 12.6. The first-order chi connectivity index (χ1) is 12.8. The van der Waals surface area contributed by atoms with Gasteiger partial charge >= 0.3 is 0 Å². The van der Waals surface area contributed by atoms with Crippen LogP contribution in [0.25, 0.3) is 33.7 Å². The molecule has 1 aliphatic heterocycles. The van der Waals surface area contributed by atoms with Crippen molar-refractivity contribution in [3.8, 4) is 11.1 Å². The SMILES string of the molecule is O=C1Nc2cccc(-c3ccncc3)c2/C1=C/c1cc2ccccc2[nH]1. The standard InChI is InChI=1S/C22H15N3O/c26-22-18(13-16-12-15-4-1-2-6-19(15)24-16)21-17(5-3-7-20(21)25-22)14-8-10-23-11-9-14/h1-13,24H,(H,25,26)/b18-13-. The van der Waals surface area contributed by atoms with Crippen molar-refractivity contribution in [3.63, 3.8) is 0 Å². The Morgan fingerprint density at radius 3 is 2.62 bits per heavy atom. The molecule has 4 aromatic rings. The van der Waals surface area contributed by atoms with Crippen LogP contribution in [0, 0.1) is 0 Å². The van der Waals surface area contributed by atoms with Crippen LogP contribution in [0.4, 0.5) is 5.69 Å². The van der Waals surface area contributed by atoms with Crippen molar-refractivity contribution in [2.75, 3.05) is 5.32 Å². The highest BCUT2D eigenvalue weighted by atomic mass is 16.2. The number of fused-ring (bicyclic) bond motifs is 2. The third-order valence-electron chi connectivity index (χ3n) is 4.67. The first-order valence-corrected chi connectivity index (χ1v) is 8.44. The molecule has 0 saturated carbocycles. The fourth-order valence-corrected chi connectivity index (χ4v) is 3.49. The second kappa shape index (κ2) is 5.70. The zero-order chi connectivity index (χ0) is 17.5. The Hall–Kier alpha value is -3.66. The van der Waals surface area contributed by atoms with Gasteiger partial charge in [0.2, 0.25) is 0 Å². The predicted octanol–water partition coefficient (Wildman–Crippen LogP) is 4.72. The maximum atomic E-state index is 12.6. The molecule has 0 atom stereocenters. The van der Waals surface area contributed by atoms with Gasteiger partial charge in [-0.25, -0.2) is 0 Å². The largest absolute Gasteiger partial charge is 0.355 e. The Labute approximate surface area is 150 Å². The van der Waals surface area contributed by atoms with Gasteiger partial charge < -0.3 is 10.3 Å². The molecule has 0 radical (unpaired) electrons. The van der Waals surface area contributed by atoms with Crippen LogP contribution in [0.1, 0.15) is 11.3 Å². The first-order valence-electron chi connectivity index (χ1n) is 8.44. The number of aromatic amines is 1. The van der Waals surface area contributed by atoms with Gasteiger partial charge in [-0.2, -0.15) is 0 Å². The van der Waals surface area contributed by atoms with E-state index in [0.29, 0.717) is 5.57 Å². The van der Waals surface area contributed by atoms with Crippen molar-refractivity contribution in [3.05, 3.63) is 84.3 Å². The van der Waals surface area contributed by atoms with Crippen LogP contribution < -0.4 is 5.32 Å². The van der Waals surface area contributed by atoms with E-state index in [-0.39, 0.29) is 5.91 Å². The minimum atomic E-state index is -0.0832. The summed E-state index contributed by atoms with van der Waals surface area (Å²) < 4.78 is 0. The highest BCUT2D eigenvalue weighted by molar-refractivity contribution is 6.36. The Kier molecular flexibility index (Phi) is 3.22. The first kappa shape index (κ1) is 14.7. The molecule has 5 rings (SSSR count). The van der Waals surface area contributed by atoms with Gasteiger partial charge in [-0.3, -0.25) is 9.78 Å². The lowest BCUT2D eigenvalue weighted by Crippen LogP contribution is -2.03. The van der Waals surface area contributed by atoms with Crippen LogP contribution in [-0.2, 0) is 4.79 Å². The summed E-state index contributed by atoms with van der Waals surface area (Å²) in [5, 5.41) is 4.10. The number of benzene rings is 2. The number of anilines is 1. The molecule has 4 nitrogen and oxygen atoms in total. The van der Waals surface area contributed by atoms with Gasteiger partial charge in [0.25, 0.3) is 5.91 Å². The Balaban J connectivity index is 1.70. The fraction of sp³-hybridized carbons (Fsp3) is 0. The molecular formula is C22H15N3O. The van der Waals surface area contributed by atoms with E-state index in [1.54, 1.807) is 12.4 Å². The number of rotatable bonds is 2. The van der Waals surface area contributed by atoms with Gasteiger partial charge in [-0.05, 0) is 52.9 Å². The number of amides is 1. The highest BCUT2D eigenvalue weighted by Gasteiger charge is 2.27. The van der Waals surface area contributed by atoms with Gasteiger partial charge in [-0.1, -0.05) is 30.3 Å². The normalized spacial score (nSPS) is 14.6. The average molecular weight is 337 g/mol. The van der Waals surface area contributed by atoms with Crippen LogP contribution in [0.2, 0.25) is 0 Å². The van der Waals surface area contributed by atoms with Crippen LogP contribution >= 0.6 is 0 Å². The van der Waals surface area contributed by atoms with E-state index in [9.17, 15) is 4.79 Å². The molecule has 2 aromatic heterocycles. The lowest BCUT2D eigenvalue weighted by Gasteiger charge is -2.08. The zero-order valence-electron chi connectivity index (χ0n) is 13.9. The van der Waals surface area contributed by atoms with E-state index >= 15 is 0 Å². The number of hydrogen-bond donors (Lipinski definition) is 2. The van der Waals surface area contributed by atoms with Crippen molar-refractivity contribution in [2.24, 2.45) is 0 Å². The van der Waals surface area contributed by atoms with E-state index in [1.807, 2.05) is 54.6 Å². The molecule has 1 amide bonds. The molecule has 2 N–H and O–H groups in total. The molecule has 2 aromatic carbocycles. The van der Waals surface area contributed by atoms with E-state index in [4.69, 9.17) is 0 Å². The monoisotopic (exact) mass is 337 g/mol. The number of aromatic nitrogens is 2. The Morgan fingerprint density at radius 1 is 0.923 bits per heavy atom. The lowest BCUT2D eigenvalue weighted by molar-refractivity contribution is -0.110. The van der Waals surface area contributed by atoms with Crippen molar-refractivity contribution in [2.45, 2.75) is 0 Å². The number of pyridine rings is 1. The minimum Gasteiger partial charge on any atom is -0.355 e. The van der Waals surface area contributed by atoms with Crippen LogP contribution in [0.5, 0.6) is 0 Å². The molecule has 0 spiro atoms. The topological polar surface area (TPSA) is 57.8 Å². The third-order valence-corrected chi connectivity index (χ3v) is 4.67. The van der Waals surface area contributed by atoms with Crippen LogP contribution in [-0.4, -0.2) is 15.9 Å². The van der Waals surface area contributed by atoms with Gasteiger partial charge in [-0.15, -0.1) is 0 Å². The second-order valence-electron chi connectivity index (χ2n) is 6.29. The van der Waals surface area contributed by atoms with Crippen molar-refractivity contribution >= 4 is 34.1 Å². The molecule has 124 valence electrons. The summed E-state index contributed by atoms with van der Waals surface area (Å²) in [6.07, 6.45) is 5.45. The van der Waals surface area contributed by atoms with Gasteiger partial charge in [0.1, 0.15) is 0 Å². The minimum absolute atomic E-state index is 0.0832. The second-order valence-corrected chi connectivity index (χ2v) is 6.29. The summed E-state index contributed by atoms with van der Waals surface area (Å²) in [5.74, 6) is -0.0832. The number of carbonyl (C=O) groups is 1. The predicted molar refractivity (Wildman–Crippen MR) is 104 cm³/mol. The summed E-state index contributed by atoms with van der Waals surface area (Å²) >= 11 is 0. The van der Waals surface area contributed by atoms with Crippen LogP contribution in [0.15, 0.2) is 73.1 Å². The van der Waals surface area contributed by atoms with E-state index in [2.05, 4.69) is 27.4 Å². The Bertz CT molecular complexity index is 1140. The highest BCUT2D eigenvalue weighted by Crippen LogP contribution is 2.40. The molecule has 0 aliphatic carbocycles. The van der Waals surface area contributed by atoms with Gasteiger partial charge in [0.15, 0.2) is 0 Å². The number of carbonyl (C=O) groups excluding carboxylic acids is 1. The quantitative estimate of drug-likeness (QED) is 0.520. The number of H-pyrrole nitrogens is 1. The lowest BCUT2D eigenvalue weighted by atomic mass is 9.95. The summed E-state index contributed by atoms with van der Waals surface area (Å²) in [6.45, 7) is 0. The Morgan fingerprint density at radius 2 is 1.77 bits per heavy atom. The number of nitrogens with one attached hydrogen (secondary N) is 2. The third kappa shape index (κ3) is 2.31. The number of hydrogen-bond acceptors (Lipinski definition) is 2. The van der Waals surface area contributed by atoms with E-state index in [1.165, 1.54) is 0 Å². The smallest absolute Gasteiger partial charge is 0.256 e. The molecule has 26 heavy (non-hydrogen) atoms. The molecular weight excluding hydrogens is 322 g/mol. The number of para-hydroxylation sites is 1. The fourth-order valence-electron chi connectivity index (χ4n) is 3.49. The van der Waals surface area contributed by atoms with Crippen molar-refractivity contribution < 1.29 is 4.79 Å². The summed E-state index contributed by atoms with van der Waals surface area (Å²) in [4.78, 5) is 20.1. The van der Waals surface area contributed by atoms with Crippen molar-refractivity contribution in [1.29, 1.82) is 0 Å². The van der Waals surface area contributed by atoms with E-state index in [0.717, 1.165) is 39.0 Å². The molecule has 0 saturated heterocycles. The van der Waals surface area contributed by atoms with E-state index < -0.39 is 0 Å². The van der Waals surface area contributed by atoms with Gasteiger partial charge in [0, 0.05) is 34.9 Å². The average Bonchev–Trinajstić information content (AvgIpc) is 3.23.